The van der Waals surface area contributed by atoms with Crippen LogP contribution in [-0.2, 0) is 67.4 Å². The van der Waals surface area contributed by atoms with Gasteiger partial charge in [0.15, 0.2) is 0 Å². The molecule has 318 valence electrons. The van der Waals surface area contributed by atoms with Gasteiger partial charge in [-0.1, -0.05) is 212 Å². The lowest BCUT2D eigenvalue weighted by atomic mass is 10.0. The van der Waals surface area contributed by atoms with E-state index in [1.165, 1.54) is 70.6 Å². The molecule has 0 heterocycles. The average molecular weight is 837 g/mol. The van der Waals surface area contributed by atoms with E-state index in [4.69, 9.17) is 31.9 Å². The van der Waals surface area contributed by atoms with Crippen molar-refractivity contribution in [3.63, 3.8) is 0 Å². The van der Waals surface area contributed by atoms with E-state index >= 15 is 0 Å². The van der Waals surface area contributed by atoms with E-state index in [1.807, 2.05) is 121 Å². The van der Waals surface area contributed by atoms with Gasteiger partial charge in [-0.15, -0.1) is 0 Å². The predicted octanol–water partition coefficient (Wildman–Crippen LogP) is 14.0. The molecule has 0 amide bonds. The number of unbranched alkanes of at least 4 members (excludes halogenated alkanes) is 13. The third-order valence-corrected chi connectivity index (χ3v) is 12.4. The summed E-state index contributed by atoms with van der Waals surface area (Å²) in [6.07, 6.45) is 16.7. The molecule has 0 aliphatic carbocycles. The third kappa shape index (κ3) is 21.4. The van der Waals surface area contributed by atoms with Gasteiger partial charge in [0, 0.05) is 6.61 Å². The maximum absolute atomic E-state index is 14.4. The maximum Gasteiger partial charge on any atom is 0.475 e. The third-order valence-electron chi connectivity index (χ3n) is 9.57. The highest BCUT2D eigenvalue weighted by Crippen LogP contribution is 2.54. The fraction of sp³-hybridized carbons (Fsp3) is 0.489. The van der Waals surface area contributed by atoms with Crippen LogP contribution in [0.1, 0.15) is 119 Å². The lowest BCUT2D eigenvalue weighted by Gasteiger charge is -2.26. The van der Waals surface area contributed by atoms with Crippen LogP contribution in [0.2, 0.25) is 0 Å². The van der Waals surface area contributed by atoms with E-state index < -0.39 is 21.7 Å². The smallest absolute Gasteiger partial charge is 0.379 e. The van der Waals surface area contributed by atoms with Crippen LogP contribution >= 0.6 is 15.6 Å². The van der Waals surface area contributed by atoms with Crippen LogP contribution in [0.25, 0.3) is 0 Å². The first-order chi connectivity index (χ1) is 28.5. The Kier molecular flexibility index (Phi) is 24.1. The normalized spacial score (nSPS) is 12.5. The van der Waals surface area contributed by atoms with Crippen LogP contribution in [0.15, 0.2) is 121 Å². The summed E-state index contributed by atoms with van der Waals surface area (Å²) in [5, 5.41) is 0. The van der Waals surface area contributed by atoms with Gasteiger partial charge >= 0.3 is 15.6 Å². The molecule has 4 aromatic carbocycles. The quantitative estimate of drug-likeness (QED) is 0.0336. The van der Waals surface area contributed by atoms with E-state index in [0.29, 0.717) is 6.61 Å². The summed E-state index contributed by atoms with van der Waals surface area (Å²) >= 11 is 0. The highest BCUT2D eigenvalue weighted by molar-refractivity contribution is 7.48. The molecule has 9 nitrogen and oxygen atoms in total. The minimum atomic E-state index is -4.24. The largest absolute Gasteiger partial charge is 0.475 e. The molecule has 0 saturated carbocycles. The maximum atomic E-state index is 14.4. The highest BCUT2D eigenvalue weighted by Gasteiger charge is 2.35. The summed E-state index contributed by atoms with van der Waals surface area (Å²) in [5.74, 6) is 0. The Morgan fingerprint density at radius 3 is 1.09 bits per heavy atom. The molecule has 0 aromatic heterocycles. The van der Waals surface area contributed by atoms with Crippen molar-refractivity contribution in [2.45, 2.75) is 129 Å². The van der Waals surface area contributed by atoms with Crippen molar-refractivity contribution in [2.75, 3.05) is 19.8 Å². The minimum Gasteiger partial charge on any atom is -0.379 e. The molecule has 4 aromatic rings. The zero-order valence-electron chi connectivity index (χ0n) is 34.5. The van der Waals surface area contributed by atoms with Gasteiger partial charge in [-0.2, -0.15) is 0 Å². The summed E-state index contributed by atoms with van der Waals surface area (Å²) < 4.78 is 70.3. The number of hydrogen-bond acceptors (Lipinski definition) is 9. The molecule has 0 N–H and O–H groups in total. The molecular weight excluding hydrogens is 770 g/mol. The minimum absolute atomic E-state index is 0.00702. The zero-order chi connectivity index (χ0) is 40.8. The van der Waals surface area contributed by atoms with E-state index in [9.17, 15) is 9.13 Å². The molecule has 11 heteroatoms. The molecule has 0 saturated heterocycles. The van der Waals surface area contributed by atoms with Crippen molar-refractivity contribution in [1.82, 2.24) is 0 Å². The number of hydrogen-bond donors (Lipinski definition) is 0. The second-order valence-electron chi connectivity index (χ2n) is 14.6. The summed E-state index contributed by atoms with van der Waals surface area (Å²) in [7, 11) is -8.42. The lowest BCUT2D eigenvalue weighted by molar-refractivity contribution is -0.0156. The molecular formula is C47H66O9P2. The topological polar surface area (TPSA) is 98.8 Å². The van der Waals surface area contributed by atoms with Gasteiger partial charge in [0.2, 0.25) is 0 Å². The van der Waals surface area contributed by atoms with Crippen molar-refractivity contribution in [3.8, 4) is 0 Å². The summed E-state index contributed by atoms with van der Waals surface area (Å²) in [6.45, 7) is 2.36. The summed E-state index contributed by atoms with van der Waals surface area (Å²) in [6, 6.07) is 37.5. The summed E-state index contributed by atoms with van der Waals surface area (Å²) in [5.41, 5.74) is 3.19. The van der Waals surface area contributed by atoms with E-state index in [2.05, 4.69) is 6.92 Å². The van der Waals surface area contributed by atoms with Gasteiger partial charge in [-0.3, -0.25) is 27.1 Å². The molecule has 0 radical (unpaired) electrons. The first kappa shape index (κ1) is 47.7. The van der Waals surface area contributed by atoms with Crippen LogP contribution in [0.3, 0.4) is 0 Å². The van der Waals surface area contributed by atoms with Crippen molar-refractivity contribution in [2.24, 2.45) is 0 Å². The number of rotatable bonds is 34. The summed E-state index contributed by atoms with van der Waals surface area (Å²) in [4.78, 5) is 0. The Morgan fingerprint density at radius 2 is 0.724 bits per heavy atom. The first-order valence-corrected chi connectivity index (χ1v) is 24.2. The van der Waals surface area contributed by atoms with Crippen molar-refractivity contribution in [3.05, 3.63) is 144 Å². The average Bonchev–Trinajstić information content (AvgIpc) is 3.27. The molecule has 0 fully saturated rings. The highest BCUT2D eigenvalue weighted by atomic mass is 31.2. The number of benzene rings is 4. The second-order valence-corrected chi connectivity index (χ2v) is 17.9. The Morgan fingerprint density at radius 1 is 0.397 bits per heavy atom. The molecule has 0 spiro atoms. The van der Waals surface area contributed by atoms with E-state index in [0.717, 1.165) is 41.5 Å². The molecule has 0 aliphatic rings. The van der Waals surface area contributed by atoms with Gasteiger partial charge in [0.25, 0.3) is 0 Å². The van der Waals surface area contributed by atoms with Gasteiger partial charge in [0.05, 0.1) is 39.6 Å². The molecule has 1 atom stereocenters. The standard InChI is InChI=1S/C47H66O9P2/c1-2-3-4-5-6-7-8-9-10-11-12-13-14-27-36-50-41-47(56-58(49,53-39-45-32-23-17-24-33-45)54-40-46-34-25-18-26-35-46)42-55-57(48,51-37-43-28-19-15-20-29-43)52-38-44-30-21-16-22-31-44/h15-26,28-35,47H,2-14,27,36-42H2,1H3. The monoisotopic (exact) mass is 836 g/mol. The van der Waals surface area contributed by atoms with E-state index in [1.54, 1.807) is 0 Å². The van der Waals surface area contributed by atoms with Crippen LogP contribution < -0.4 is 0 Å². The molecule has 1 unspecified atom stereocenters. The number of ether oxygens (including phenoxy) is 1. The van der Waals surface area contributed by atoms with Crippen molar-refractivity contribution < 1.29 is 41.0 Å². The Labute approximate surface area is 348 Å². The van der Waals surface area contributed by atoms with Gasteiger partial charge in [-0.05, 0) is 28.7 Å². The number of phosphoric ester groups is 2. The number of phosphoric acid groups is 2. The Balaban J connectivity index is 1.35. The Bertz CT molecular complexity index is 1580. The fourth-order valence-electron chi connectivity index (χ4n) is 6.20. The predicted molar refractivity (Wildman–Crippen MR) is 232 cm³/mol. The SMILES string of the molecule is CCCCCCCCCCCCCCCCOCC(COP(=O)(OCc1ccccc1)OCc1ccccc1)OP(=O)(OCc1ccccc1)OCc1ccccc1. The second kappa shape index (κ2) is 29.3. The van der Waals surface area contributed by atoms with Crippen molar-refractivity contribution in [1.29, 1.82) is 0 Å². The molecule has 4 rings (SSSR count). The van der Waals surface area contributed by atoms with Gasteiger partial charge in [0.1, 0.15) is 6.10 Å². The van der Waals surface area contributed by atoms with Crippen LogP contribution in [0, 0.1) is 0 Å². The Hall–Kier alpha value is -2.94. The fourth-order valence-corrected chi connectivity index (χ4v) is 8.68. The van der Waals surface area contributed by atoms with Gasteiger partial charge < -0.3 is 4.74 Å². The zero-order valence-corrected chi connectivity index (χ0v) is 36.3. The molecule has 0 bridgehead atoms. The lowest BCUT2D eigenvalue weighted by Crippen LogP contribution is -2.26. The van der Waals surface area contributed by atoms with Crippen LogP contribution in [0.5, 0.6) is 0 Å². The van der Waals surface area contributed by atoms with Crippen LogP contribution in [0.4, 0.5) is 0 Å². The molecule has 0 aliphatic heterocycles. The first-order valence-electron chi connectivity index (χ1n) is 21.3. The molecule has 58 heavy (non-hydrogen) atoms. The van der Waals surface area contributed by atoms with Crippen LogP contribution in [-0.4, -0.2) is 25.9 Å². The van der Waals surface area contributed by atoms with Crippen molar-refractivity contribution >= 4 is 15.6 Å². The van der Waals surface area contributed by atoms with Gasteiger partial charge in [-0.25, -0.2) is 9.13 Å². The van der Waals surface area contributed by atoms with E-state index in [-0.39, 0.29) is 39.6 Å².